The monoisotopic (exact) mass is 536 g/mol. The first-order chi connectivity index (χ1) is 16.9. The van der Waals surface area contributed by atoms with Crippen molar-refractivity contribution in [1.82, 2.24) is 19.3 Å². The zero-order valence-electron chi connectivity index (χ0n) is 20.4. The molecule has 1 unspecified atom stereocenters. The highest BCUT2D eigenvalue weighted by atomic mass is 35.5. The lowest BCUT2D eigenvalue weighted by atomic mass is 10.0. The van der Waals surface area contributed by atoms with Crippen LogP contribution in [-0.2, 0) is 11.8 Å². The molecule has 3 heterocycles. The summed E-state index contributed by atoms with van der Waals surface area (Å²) in [7, 11) is 1.62. The number of nitrogens with zero attached hydrogens (tertiary/aromatic N) is 4. The molecule has 2 aromatic heterocycles. The van der Waals surface area contributed by atoms with Crippen molar-refractivity contribution in [2.75, 3.05) is 23.3 Å². The average Bonchev–Trinajstić information content (AvgIpc) is 2.81. The van der Waals surface area contributed by atoms with E-state index in [-0.39, 0.29) is 48.6 Å². The van der Waals surface area contributed by atoms with Crippen LogP contribution in [0.5, 0.6) is 0 Å². The molecule has 8 nitrogen and oxygen atoms in total. The molecule has 1 aliphatic rings. The summed E-state index contributed by atoms with van der Waals surface area (Å²) in [6.45, 7) is 5.47. The third kappa shape index (κ3) is 5.57. The summed E-state index contributed by atoms with van der Waals surface area (Å²) in [5.41, 5.74) is 2.57. The van der Waals surface area contributed by atoms with Crippen molar-refractivity contribution < 1.29 is 13.6 Å². The fourth-order valence-corrected chi connectivity index (χ4v) is 5.04. The van der Waals surface area contributed by atoms with Gasteiger partial charge in [-0.2, -0.15) is 0 Å². The molecule has 1 aliphatic heterocycles. The van der Waals surface area contributed by atoms with Crippen LogP contribution in [0.15, 0.2) is 34.1 Å². The van der Waals surface area contributed by atoms with Crippen LogP contribution in [0.25, 0.3) is 10.9 Å². The van der Waals surface area contributed by atoms with E-state index in [1.165, 1.54) is 11.5 Å². The molecule has 1 aromatic carbocycles. The van der Waals surface area contributed by atoms with Crippen LogP contribution < -0.4 is 20.5 Å². The van der Waals surface area contributed by atoms with Gasteiger partial charge in [-0.25, -0.2) is 18.7 Å². The predicted octanol–water partition coefficient (Wildman–Crippen LogP) is 4.84. The summed E-state index contributed by atoms with van der Waals surface area (Å²) in [6, 6.07) is 6.83. The first kappa shape index (κ1) is 26.2. The van der Waals surface area contributed by atoms with E-state index in [0.29, 0.717) is 27.6 Å². The van der Waals surface area contributed by atoms with Gasteiger partial charge in [0.2, 0.25) is 11.9 Å². The number of aromatic nitrogens is 3. The number of pyridine rings is 1. The minimum absolute atomic E-state index is 0.119. The summed E-state index contributed by atoms with van der Waals surface area (Å²) in [6.07, 6.45) is -0.560. The predicted molar refractivity (Wildman–Crippen MR) is 139 cm³/mol. The number of alkyl halides is 2. The van der Waals surface area contributed by atoms with Gasteiger partial charge in [0.1, 0.15) is 10.2 Å². The van der Waals surface area contributed by atoms with Gasteiger partial charge < -0.3 is 10.2 Å². The van der Waals surface area contributed by atoms with E-state index < -0.39 is 5.92 Å². The molecule has 1 fully saturated rings. The number of anilines is 2. The number of benzene rings is 1. The molecule has 36 heavy (non-hydrogen) atoms. The zero-order valence-corrected chi connectivity index (χ0v) is 21.9. The summed E-state index contributed by atoms with van der Waals surface area (Å²) in [4.78, 5) is 35.6. The lowest BCUT2D eigenvalue weighted by Crippen LogP contribution is -2.42. The largest absolute Gasteiger partial charge is 0.376 e. The Kier molecular flexibility index (Phi) is 7.42. The summed E-state index contributed by atoms with van der Waals surface area (Å²) in [5.74, 6) is -2.56. The Morgan fingerprint density at radius 2 is 1.92 bits per heavy atom. The van der Waals surface area contributed by atoms with Crippen LogP contribution in [0.3, 0.4) is 0 Å². The number of carbonyl (C=O) groups is 1. The zero-order chi connectivity index (χ0) is 26.2. The maximum Gasteiger partial charge on any atom is 0.262 e. The van der Waals surface area contributed by atoms with Gasteiger partial charge in [-0.3, -0.25) is 18.9 Å². The van der Waals surface area contributed by atoms with Gasteiger partial charge in [-0.1, -0.05) is 17.7 Å². The molecule has 0 aliphatic carbocycles. The van der Waals surface area contributed by atoms with Gasteiger partial charge in [-0.05, 0) is 37.6 Å². The molecule has 12 heteroatoms. The molecule has 2 N–H and O–H groups in total. The highest BCUT2D eigenvalue weighted by molar-refractivity contribution is 7.98. The number of hydrogen-bond acceptors (Lipinski definition) is 7. The van der Waals surface area contributed by atoms with Crippen molar-refractivity contribution in [3.05, 3.63) is 50.9 Å². The summed E-state index contributed by atoms with van der Waals surface area (Å²) >= 11 is 7.11. The molecule has 4 rings (SSSR count). The summed E-state index contributed by atoms with van der Waals surface area (Å²) < 4.78 is 31.6. The van der Waals surface area contributed by atoms with Gasteiger partial charge in [0.25, 0.3) is 11.5 Å². The Morgan fingerprint density at radius 1 is 1.22 bits per heavy atom. The van der Waals surface area contributed by atoms with Crippen LogP contribution in [0.4, 0.5) is 20.4 Å². The van der Waals surface area contributed by atoms with E-state index in [1.807, 2.05) is 19.9 Å². The number of aryl methyl sites for hydroxylation is 1. The molecule has 0 spiro atoms. The number of hydrogen-bond donors (Lipinski definition) is 2. The number of fused-ring (bicyclic) bond motifs is 1. The Hall–Kier alpha value is -2.92. The lowest BCUT2D eigenvalue weighted by molar-refractivity contribution is -0.117. The molecular weight excluding hydrogens is 510 g/mol. The third-order valence-electron chi connectivity index (χ3n) is 6.06. The van der Waals surface area contributed by atoms with E-state index in [1.54, 1.807) is 30.1 Å². The summed E-state index contributed by atoms with van der Waals surface area (Å²) in [5, 5.41) is 4.61. The second kappa shape index (κ2) is 10.2. The van der Waals surface area contributed by atoms with Gasteiger partial charge in [-0.15, -0.1) is 0 Å². The van der Waals surface area contributed by atoms with Crippen molar-refractivity contribution in [2.24, 2.45) is 7.05 Å². The molecule has 0 saturated carbocycles. The van der Waals surface area contributed by atoms with Crippen molar-refractivity contribution >= 4 is 52.0 Å². The number of carbonyl (C=O) groups excluding carboxylic acids is 1. The number of amides is 1. The number of halogens is 3. The molecule has 0 bridgehead atoms. The number of piperidine rings is 1. The topological polar surface area (TPSA) is 92.2 Å². The van der Waals surface area contributed by atoms with Gasteiger partial charge in [0.15, 0.2) is 0 Å². The number of rotatable bonds is 6. The van der Waals surface area contributed by atoms with E-state index in [0.717, 1.165) is 23.1 Å². The molecule has 1 atom stereocenters. The Labute approximate surface area is 216 Å². The highest BCUT2D eigenvalue weighted by Gasteiger charge is 2.35. The van der Waals surface area contributed by atoms with E-state index in [2.05, 4.69) is 15.0 Å². The maximum atomic E-state index is 13.7. The fraction of sp³-hybridized carbons (Fsp3) is 0.417. The van der Waals surface area contributed by atoms with E-state index >= 15 is 0 Å². The molecular formula is C24H27ClF2N6O2S. The molecule has 192 valence electrons. The van der Waals surface area contributed by atoms with Crippen LogP contribution in [-0.4, -0.2) is 39.5 Å². The molecule has 1 amide bonds. The first-order valence-corrected chi connectivity index (χ1v) is 12.7. The quantitative estimate of drug-likeness (QED) is 0.344. The van der Waals surface area contributed by atoms with Gasteiger partial charge in [0.05, 0.1) is 22.6 Å². The van der Waals surface area contributed by atoms with Crippen LogP contribution >= 0.6 is 23.5 Å². The maximum absolute atomic E-state index is 13.7. The Morgan fingerprint density at radius 3 is 2.58 bits per heavy atom. The van der Waals surface area contributed by atoms with E-state index in [4.69, 9.17) is 16.6 Å². The van der Waals surface area contributed by atoms with Gasteiger partial charge >= 0.3 is 0 Å². The molecule has 1 saturated heterocycles. The first-order valence-electron chi connectivity index (χ1n) is 11.5. The van der Waals surface area contributed by atoms with Gasteiger partial charge in [0, 0.05) is 57.4 Å². The Balaban J connectivity index is 1.74. The van der Waals surface area contributed by atoms with Crippen LogP contribution in [0.1, 0.15) is 43.9 Å². The minimum atomic E-state index is -2.70. The standard InChI is InChI=1S/C24H27ClF2N6O2S/c1-13-11-16(14(2)28-18-5-6-19(25)29-21(18)36-31-15(3)34)20-17(12-13)22(35)32(4)23(30-20)33-9-7-24(26,27)8-10-33/h5-6,11-12,14,28H,7-10H2,1-4H3,(H,31,34). The van der Waals surface area contributed by atoms with Crippen molar-refractivity contribution in [3.63, 3.8) is 0 Å². The van der Waals surface area contributed by atoms with Crippen LogP contribution in [0.2, 0.25) is 5.15 Å². The van der Waals surface area contributed by atoms with Crippen LogP contribution in [0, 0.1) is 6.92 Å². The van der Waals surface area contributed by atoms with Crippen molar-refractivity contribution in [1.29, 1.82) is 0 Å². The third-order valence-corrected chi connectivity index (χ3v) is 7.17. The normalized spacial score (nSPS) is 16.1. The Bertz CT molecular complexity index is 1370. The SMILES string of the molecule is CC(=O)NSc1nc(Cl)ccc1NC(C)c1cc(C)cc2c(=O)n(C)c(N3CCC(F)(F)CC3)nc12. The highest BCUT2D eigenvalue weighted by Crippen LogP contribution is 2.33. The molecule has 3 aromatic rings. The molecule has 0 radical (unpaired) electrons. The fourth-order valence-electron chi connectivity index (χ4n) is 4.22. The van der Waals surface area contributed by atoms with E-state index in [9.17, 15) is 18.4 Å². The van der Waals surface area contributed by atoms with Crippen molar-refractivity contribution in [2.45, 2.75) is 50.6 Å². The minimum Gasteiger partial charge on any atom is -0.376 e. The smallest absolute Gasteiger partial charge is 0.262 e. The number of nitrogens with one attached hydrogen (secondary N) is 2. The second-order valence-electron chi connectivity index (χ2n) is 8.98. The second-order valence-corrected chi connectivity index (χ2v) is 10.2. The van der Waals surface area contributed by atoms with Crippen molar-refractivity contribution in [3.8, 4) is 0 Å². The average molecular weight is 537 g/mol. The lowest BCUT2D eigenvalue weighted by Gasteiger charge is -2.33.